The van der Waals surface area contributed by atoms with Gasteiger partial charge in [0.1, 0.15) is 0 Å². The number of carboxylic acid groups (broad SMARTS) is 1. The van der Waals surface area contributed by atoms with E-state index in [0.717, 1.165) is 11.1 Å². The van der Waals surface area contributed by atoms with Crippen molar-refractivity contribution in [1.82, 2.24) is 15.5 Å². The summed E-state index contributed by atoms with van der Waals surface area (Å²) in [4.78, 5) is 49.7. The van der Waals surface area contributed by atoms with Crippen LogP contribution in [-0.4, -0.2) is 41.7 Å². The van der Waals surface area contributed by atoms with Gasteiger partial charge in [-0.3, -0.25) is 9.59 Å². The van der Waals surface area contributed by atoms with E-state index in [0.29, 0.717) is 16.2 Å². The van der Waals surface area contributed by atoms with Crippen LogP contribution in [0.1, 0.15) is 24.9 Å². The molecule has 2 aromatic rings. The third-order valence-corrected chi connectivity index (χ3v) is 5.30. The summed E-state index contributed by atoms with van der Waals surface area (Å²) in [5, 5.41) is 16.8. The summed E-state index contributed by atoms with van der Waals surface area (Å²) in [7, 11) is 1.48. The Hall–Kier alpha value is -2.65. The maximum absolute atomic E-state index is 12.6. The number of nitrogens with one attached hydrogen (secondary N) is 2. The van der Waals surface area contributed by atoms with Crippen molar-refractivity contribution in [2.24, 2.45) is 0 Å². The van der Waals surface area contributed by atoms with Crippen LogP contribution in [0.5, 0.6) is 0 Å². The SMILES string of the molecule is CC1=CN(C)C(=O)C(NC(=O)NC(CC(=O)[O-])c2cccc(-c3ccc(Cl)cc3)c2)C1=O.[Na+]. The molecule has 0 saturated carbocycles. The van der Waals surface area contributed by atoms with Crippen molar-refractivity contribution >= 4 is 35.3 Å². The number of likely N-dealkylation sites (N-methyl/N-ethyl adjacent to an activating group) is 1. The van der Waals surface area contributed by atoms with Crippen molar-refractivity contribution < 1.29 is 53.8 Å². The number of carbonyl (C=O) groups is 4. The van der Waals surface area contributed by atoms with E-state index in [4.69, 9.17) is 11.6 Å². The second-order valence-corrected chi connectivity index (χ2v) is 7.87. The van der Waals surface area contributed by atoms with Gasteiger partial charge >= 0.3 is 35.6 Å². The van der Waals surface area contributed by atoms with E-state index >= 15 is 0 Å². The van der Waals surface area contributed by atoms with E-state index in [1.807, 2.05) is 18.2 Å². The largest absolute Gasteiger partial charge is 1.00 e. The second-order valence-electron chi connectivity index (χ2n) is 7.44. The topological polar surface area (TPSA) is 119 Å². The molecule has 3 rings (SSSR count). The fourth-order valence-corrected chi connectivity index (χ4v) is 3.54. The molecular weight excluding hydrogens is 457 g/mol. The van der Waals surface area contributed by atoms with Gasteiger partial charge in [0.05, 0.1) is 6.04 Å². The number of amides is 3. The first-order valence-electron chi connectivity index (χ1n) is 9.78. The summed E-state index contributed by atoms with van der Waals surface area (Å²) in [6.45, 7) is 1.54. The van der Waals surface area contributed by atoms with E-state index in [-0.39, 0.29) is 29.6 Å². The van der Waals surface area contributed by atoms with Crippen molar-refractivity contribution in [3.05, 3.63) is 70.9 Å². The number of aliphatic carboxylic acids is 1. The van der Waals surface area contributed by atoms with Crippen LogP contribution in [-0.2, 0) is 14.4 Å². The van der Waals surface area contributed by atoms with Crippen LogP contribution in [0.4, 0.5) is 4.79 Å². The van der Waals surface area contributed by atoms with E-state index < -0.39 is 42.2 Å². The standard InChI is InChI=1S/C23H22ClN3O5.Na/c1-13-12-27(2)22(31)20(21(13)30)26-23(32)25-18(11-19(28)29)16-5-3-4-15(10-16)14-6-8-17(24)9-7-14;/h3-10,12,18,20H,11H2,1-2H3,(H,28,29)(H2,25,26,32);/q;+1/p-1. The minimum absolute atomic E-state index is 0. The molecule has 2 unspecified atom stereocenters. The molecule has 33 heavy (non-hydrogen) atoms. The monoisotopic (exact) mass is 477 g/mol. The van der Waals surface area contributed by atoms with Gasteiger partial charge in [-0.15, -0.1) is 0 Å². The Labute approximate surface area is 218 Å². The van der Waals surface area contributed by atoms with Gasteiger partial charge in [-0.25, -0.2) is 4.79 Å². The molecule has 0 aliphatic carbocycles. The number of hydrogen-bond donors (Lipinski definition) is 2. The zero-order chi connectivity index (χ0) is 23.4. The van der Waals surface area contributed by atoms with E-state index in [2.05, 4.69) is 10.6 Å². The molecule has 0 fully saturated rings. The molecule has 1 aliphatic heterocycles. The molecule has 1 heterocycles. The first-order valence-corrected chi connectivity index (χ1v) is 10.2. The summed E-state index contributed by atoms with van der Waals surface area (Å²) < 4.78 is 0. The van der Waals surface area contributed by atoms with E-state index in [9.17, 15) is 24.3 Å². The summed E-state index contributed by atoms with van der Waals surface area (Å²) in [6, 6.07) is 10.9. The average Bonchev–Trinajstić information content (AvgIpc) is 2.75. The first kappa shape index (κ1) is 26.6. The molecule has 166 valence electrons. The summed E-state index contributed by atoms with van der Waals surface area (Å²) in [5.41, 5.74) is 2.49. The van der Waals surface area contributed by atoms with Gasteiger partial charge in [-0.05, 0) is 41.8 Å². The normalized spacial score (nSPS) is 16.4. The Morgan fingerprint density at radius 3 is 2.42 bits per heavy atom. The van der Waals surface area contributed by atoms with Crippen molar-refractivity contribution in [1.29, 1.82) is 0 Å². The van der Waals surface area contributed by atoms with Gasteiger partial charge in [0, 0.05) is 36.2 Å². The quantitative estimate of drug-likeness (QED) is 0.400. The maximum atomic E-state index is 12.6. The molecule has 0 saturated heterocycles. The van der Waals surface area contributed by atoms with E-state index in [1.54, 1.807) is 37.3 Å². The number of benzene rings is 2. The molecule has 2 N–H and O–H groups in total. The number of carboxylic acids is 1. The number of halogens is 1. The zero-order valence-corrected chi connectivity index (χ0v) is 21.2. The third kappa shape index (κ3) is 6.68. The Balaban J connectivity index is 0.00000385. The number of hydrogen-bond acceptors (Lipinski definition) is 5. The predicted octanol–water partition coefficient (Wildman–Crippen LogP) is -1.20. The Kier molecular flexibility index (Phi) is 9.25. The second kappa shape index (κ2) is 11.5. The molecule has 0 spiro atoms. The van der Waals surface area contributed by atoms with Gasteiger partial charge in [0.15, 0.2) is 11.8 Å². The fourth-order valence-electron chi connectivity index (χ4n) is 3.42. The van der Waals surface area contributed by atoms with Gasteiger partial charge in [0.2, 0.25) is 0 Å². The molecule has 1 aliphatic rings. The number of urea groups is 1. The van der Waals surface area contributed by atoms with Crippen LogP contribution < -0.4 is 45.3 Å². The van der Waals surface area contributed by atoms with Crippen LogP contribution >= 0.6 is 11.6 Å². The van der Waals surface area contributed by atoms with E-state index in [1.165, 1.54) is 18.1 Å². The van der Waals surface area contributed by atoms with Crippen molar-refractivity contribution in [3.8, 4) is 11.1 Å². The molecule has 2 aromatic carbocycles. The van der Waals surface area contributed by atoms with Crippen molar-refractivity contribution in [2.45, 2.75) is 25.4 Å². The Bertz CT molecular complexity index is 1100. The molecular formula is C23H21ClN3NaO5. The predicted molar refractivity (Wildman–Crippen MR) is 116 cm³/mol. The molecule has 8 nitrogen and oxygen atoms in total. The minimum atomic E-state index is -1.38. The zero-order valence-electron chi connectivity index (χ0n) is 18.4. The Morgan fingerprint density at radius 2 is 1.79 bits per heavy atom. The van der Waals surface area contributed by atoms with Crippen LogP contribution in [0, 0.1) is 0 Å². The van der Waals surface area contributed by atoms with Crippen LogP contribution in [0.25, 0.3) is 11.1 Å². The molecule has 0 bridgehead atoms. The average molecular weight is 478 g/mol. The first-order chi connectivity index (χ1) is 15.2. The molecule has 2 atom stereocenters. The Morgan fingerprint density at radius 1 is 1.12 bits per heavy atom. The number of ketones is 1. The summed E-state index contributed by atoms with van der Waals surface area (Å²) >= 11 is 5.93. The van der Waals surface area contributed by atoms with Crippen LogP contribution in [0.15, 0.2) is 60.3 Å². The number of Topliss-reactive ketones (excluding diaryl/α,β-unsaturated/α-hetero) is 1. The maximum Gasteiger partial charge on any atom is 1.00 e. The summed E-state index contributed by atoms with van der Waals surface area (Å²) in [6.07, 6.45) is 0.894. The van der Waals surface area contributed by atoms with Gasteiger partial charge in [-0.2, -0.15) is 0 Å². The fraction of sp³-hybridized carbons (Fsp3) is 0.217. The molecule has 10 heteroatoms. The van der Waals surface area contributed by atoms with Gasteiger partial charge in [0.25, 0.3) is 5.91 Å². The third-order valence-electron chi connectivity index (χ3n) is 5.05. The molecule has 3 amide bonds. The van der Waals surface area contributed by atoms with Gasteiger partial charge in [-0.1, -0.05) is 41.9 Å². The number of rotatable bonds is 6. The number of nitrogens with zero attached hydrogens (tertiary/aromatic N) is 1. The van der Waals surface area contributed by atoms with Crippen molar-refractivity contribution in [2.75, 3.05) is 7.05 Å². The number of carbonyl (C=O) groups excluding carboxylic acids is 4. The molecule has 0 aromatic heterocycles. The smallest absolute Gasteiger partial charge is 0.550 e. The van der Waals surface area contributed by atoms with Crippen molar-refractivity contribution in [3.63, 3.8) is 0 Å². The summed E-state index contributed by atoms with van der Waals surface area (Å²) in [5.74, 6) is -2.48. The molecule has 0 radical (unpaired) electrons. The van der Waals surface area contributed by atoms with Crippen LogP contribution in [0.3, 0.4) is 0 Å². The minimum Gasteiger partial charge on any atom is -0.550 e. The van der Waals surface area contributed by atoms with Crippen LogP contribution in [0.2, 0.25) is 5.02 Å². The van der Waals surface area contributed by atoms with Gasteiger partial charge < -0.3 is 25.4 Å².